The number of piperidine rings is 1. The Morgan fingerprint density at radius 1 is 1.10 bits per heavy atom. The number of benzene rings is 2. The number of hydrogen-bond donors (Lipinski definition) is 0. The van der Waals surface area contributed by atoms with Gasteiger partial charge in [0.2, 0.25) is 11.8 Å². The zero-order chi connectivity index (χ0) is 21.8. The standard InChI is InChI=1S/C24H25N3O4/c1-3-30-24(29)20-8-5-13-27(15-20)23(28)18-11-9-17(10-12-18)21-25-26-22(31-21)19-7-4-6-16(2)14-19/h4,6-7,9-12,14,20H,3,5,8,13,15H2,1-2H3/t20-/m0/s1. The van der Waals surface area contributed by atoms with Crippen molar-refractivity contribution >= 4 is 11.9 Å². The van der Waals surface area contributed by atoms with Gasteiger partial charge >= 0.3 is 5.97 Å². The van der Waals surface area contributed by atoms with E-state index >= 15 is 0 Å². The van der Waals surface area contributed by atoms with E-state index in [0.29, 0.717) is 37.0 Å². The second-order valence-electron chi connectivity index (χ2n) is 7.70. The molecule has 0 saturated carbocycles. The molecule has 1 amide bonds. The minimum atomic E-state index is -0.254. The van der Waals surface area contributed by atoms with Crippen molar-refractivity contribution in [3.8, 4) is 22.9 Å². The molecule has 2 heterocycles. The smallest absolute Gasteiger partial charge is 0.310 e. The van der Waals surface area contributed by atoms with Crippen LogP contribution < -0.4 is 0 Å². The first-order valence-electron chi connectivity index (χ1n) is 10.5. The Hall–Kier alpha value is -3.48. The second kappa shape index (κ2) is 9.12. The Morgan fingerprint density at radius 2 is 1.84 bits per heavy atom. The average Bonchev–Trinajstić information content (AvgIpc) is 3.29. The maximum Gasteiger partial charge on any atom is 0.310 e. The summed E-state index contributed by atoms with van der Waals surface area (Å²) in [5.74, 6) is 0.283. The number of ether oxygens (including phenoxy) is 1. The van der Waals surface area contributed by atoms with Crippen molar-refractivity contribution in [3.63, 3.8) is 0 Å². The first-order chi connectivity index (χ1) is 15.0. The SMILES string of the molecule is CCOC(=O)[C@H]1CCCN(C(=O)c2ccc(-c3nnc(-c4cccc(C)c4)o3)cc2)C1. The molecule has 1 aliphatic rings. The van der Waals surface area contributed by atoms with E-state index in [-0.39, 0.29) is 17.8 Å². The van der Waals surface area contributed by atoms with Crippen molar-refractivity contribution in [2.75, 3.05) is 19.7 Å². The minimum absolute atomic E-state index is 0.0912. The largest absolute Gasteiger partial charge is 0.466 e. The van der Waals surface area contributed by atoms with E-state index in [1.165, 1.54) is 0 Å². The average molecular weight is 419 g/mol. The third-order valence-corrected chi connectivity index (χ3v) is 5.40. The third kappa shape index (κ3) is 4.66. The van der Waals surface area contributed by atoms with Crippen LogP contribution in [0.2, 0.25) is 0 Å². The van der Waals surface area contributed by atoms with Gasteiger partial charge in [-0.05, 0) is 63.1 Å². The summed E-state index contributed by atoms with van der Waals surface area (Å²) in [7, 11) is 0. The maximum absolute atomic E-state index is 12.9. The Labute approximate surface area is 181 Å². The van der Waals surface area contributed by atoms with E-state index < -0.39 is 0 Å². The highest BCUT2D eigenvalue weighted by atomic mass is 16.5. The lowest BCUT2D eigenvalue weighted by Gasteiger charge is -2.31. The molecule has 1 aliphatic heterocycles. The molecule has 31 heavy (non-hydrogen) atoms. The number of likely N-dealkylation sites (tertiary alicyclic amines) is 1. The zero-order valence-corrected chi connectivity index (χ0v) is 17.7. The van der Waals surface area contributed by atoms with Crippen LogP contribution in [0.5, 0.6) is 0 Å². The van der Waals surface area contributed by atoms with Crippen LogP contribution in [0.15, 0.2) is 52.9 Å². The van der Waals surface area contributed by atoms with E-state index in [2.05, 4.69) is 10.2 Å². The molecule has 0 radical (unpaired) electrons. The molecule has 0 bridgehead atoms. The molecule has 7 heteroatoms. The Bertz CT molecular complexity index is 1070. The highest BCUT2D eigenvalue weighted by molar-refractivity contribution is 5.95. The van der Waals surface area contributed by atoms with Crippen LogP contribution in [-0.2, 0) is 9.53 Å². The molecule has 160 valence electrons. The number of rotatable bonds is 5. The fourth-order valence-electron chi connectivity index (χ4n) is 3.79. The highest BCUT2D eigenvalue weighted by Crippen LogP contribution is 2.25. The van der Waals surface area contributed by atoms with E-state index in [1.54, 1.807) is 36.1 Å². The topological polar surface area (TPSA) is 85.5 Å². The van der Waals surface area contributed by atoms with Crippen molar-refractivity contribution in [2.24, 2.45) is 5.92 Å². The summed E-state index contributed by atoms with van der Waals surface area (Å²) < 4.78 is 10.9. The summed E-state index contributed by atoms with van der Waals surface area (Å²) in [6.45, 7) is 5.18. The van der Waals surface area contributed by atoms with E-state index in [1.807, 2.05) is 31.2 Å². The molecule has 1 aromatic heterocycles. The zero-order valence-electron chi connectivity index (χ0n) is 17.7. The number of carbonyl (C=O) groups excluding carboxylic acids is 2. The normalized spacial score (nSPS) is 16.2. The molecule has 7 nitrogen and oxygen atoms in total. The van der Waals surface area contributed by atoms with Crippen LogP contribution >= 0.6 is 0 Å². The van der Waals surface area contributed by atoms with Gasteiger partial charge in [0.05, 0.1) is 12.5 Å². The monoisotopic (exact) mass is 419 g/mol. The molecule has 1 atom stereocenters. The van der Waals surface area contributed by atoms with Gasteiger partial charge in [0.25, 0.3) is 5.91 Å². The van der Waals surface area contributed by atoms with E-state index in [0.717, 1.165) is 29.5 Å². The predicted octanol–water partition coefficient (Wildman–Crippen LogP) is 4.13. The molecule has 1 saturated heterocycles. The Morgan fingerprint density at radius 3 is 2.55 bits per heavy atom. The van der Waals surface area contributed by atoms with Crippen LogP contribution in [0.1, 0.15) is 35.7 Å². The second-order valence-corrected chi connectivity index (χ2v) is 7.70. The van der Waals surface area contributed by atoms with Crippen molar-refractivity contribution in [3.05, 3.63) is 59.7 Å². The fourth-order valence-corrected chi connectivity index (χ4v) is 3.79. The van der Waals surface area contributed by atoms with E-state index in [4.69, 9.17) is 9.15 Å². The summed E-state index contributed by atoms with van der Waals surface area (Å²) in [6.07, 6.45) is 1.54. The lowest BCUT2D eigenvalue weighted by molar-refractivity contribution is -0.149. The first-order valence-corrected chi connectivity index (χ1v) is 10.5. The van der Waals surface area contributed by atoms with Crippen LogP contribution in [0.3, 0.4) is 0 Å². The summed E-state index contributed by atoms with van der Waals surface area (Å²) >= 11 is 0. The van der Waals surface area contributed by atoms with Gasteiger partial charge in [-0.2, -0.15) is 0 Å². The maximum atomic E-state index is 12.9. The molecule has 3 aromatic rings. The molecule has 0 aliphatic carbocycles. The summed E-state index contributed by atoms with van der Waals surface area (Å²) in [6, 6.07) is 15.0. The number of esters is 1. The number of hydrogen-bond acceptors (Lipinski definition) is 6. The molecule has 2 aromatic carbocycles. The van der Waals surface area contributed by atoms with Gasteiger partial charge < -0.3 is 14.1 Å². The fraction of sp³-hybridized carbons (Fsp3) is 0.333. The number of aryl methyl sites for hydroxylation is 1. The third-order valence-electron chi connectivity index (χ3n) is 5.40. The van der Waals surface area contributed by atoms with Crippen molar-refractivity contribution in [1.82, 2.24) is 15.1 Å². The number of carbonyl (C=O) groups is 2. The Balaban J connectivity index is 1.46. The number of amides is 1. The van der Waals surface area contributed by atoms with Crippen LogP contribution in [0.4, 0.5) is 0 Å². The van der Waals surface area contributed by atoms with Gasteiger partial charge in [-0.3, -0.25) is 9.59 Å². The summed E-state index contributed by atoms with van der Waals surface area (Å²) in [4.78, 5) is 26.7. The number of aromatic nitrogens is 2. The van der Waals surface area contributed by atoms with Crippen LogP contribution in [-0.4, -0.2) is 46.7 Å². The van der Waals surface area contributed by atoms with Crippen LogP contribution in [0.25, 0.3) is 22.9 Å². The van der Waals surface area contributed by atoms with E-state index in [9.17, 15) is 9.59 Å². The van der Waals surface area contributed by atoms with Gasteiger partial charge in [-0.1, -0.05) is 17.7 Å². The Kier molecular flexibility index (Phi) is 6.11. The van der Waals surface area contributed by atoms with Crippen molar-refractivity contribution in [2.45, 2.75) is 26.7 Å². The van der Waals surface area contributed by atoms with Crippen LogP contribution in [0, 0.1) is 12.8 Å². The molecule has 0 unspecified atom stereocenters. The molecule has 0 N–H and O–H groups in total. The lowest BCUT2D eigenvalue weighted by atomic mass is 9.97. The minimum Gasteiger partial charge on any atom is -0.466 e. The number of nitrogens with zero attached hydrogens (tertiary/aromatic N) is 3. The lowest BCUT2D eigenvalue weighted by Crippen LogP contribution is -2.42. The van der Waals surface area contributed by atoms with Gasteiger partial charge in [0.1, 0.15) is 0 Å². The van der Waals surface area contributed by atoms with Crippen molar-refractivity contribution < 1.29 is 18.7 Å². The van der Waals surface area contributed by atoms with Gasteiger partial charge in [0.15, 0.2) is 0 Å². The first kappa shape index (κ1) is 20.8. The molecule has 1 fully saturated rings. The summed E-state index contributed by atoms with van der Waals surface area (Å²) in [5, 5.41) is 8.28. The highest BCUT2D eigenvalue weighted by Gasteiger charge is 2.29. The molecular weight excluding hydrogens is 394 g/mol. The van der Waals surface area contributed by atoms with Gasteiger partial charge in [-0.25, -0.2) is 0 Å². The molecule has 0 spiro atoms. The quantitative estimate of drug-likeness (QED) is 0.578. The predicted molar refractivity (Wildman–Crippen MR) is 115 cm³/mol. The molecular formula is C24H25N3O4. The summed E-state index contributed by atoms with van der Waals surface area (Å²) in [5.41, 5.74) is 3.28. The van der Waals surface area contributed by atoms with Gasteiger partial charge in [0, 0.05) is 29.8 Å². The van der Waals surface area contributed by atoms with Gasteiger partial charge in [-0.15, -0.1) is 10.2 Å². The molecule has 4 rings (SSSR count). The van der Waals surface area contributed by atoms with Crippen molar-refractivity contribution in [1.29, 1.82) is 0 Å².